The Morgan fingerprint density at radius 3 is 2.60 bits per heavy atom. The second kappa shape index (κ2) is 7.70. The summed E-state index contributed by atoms with van der Waals surface area (Å²) in [7, 11) is 0. The van der Waals surface area contributed by atoms with Gasteiger partial charge in [-0.25, -0.2) is 0 Å². The van der Waals surface area contributed by atoms with Gasteiger partial charge in [-0.1, -0.05) is 43.6 Å². The minimum atomic E-state index is -0.476. The minimum Gasteiger partial charge on any atom is -0.463 e. The molecule has 0 aromatic carbocycles. The van der Waals surface area contributed by atoms with E-state index in [0.717, 1.165) is 44.6 Å². The third kappa shape index (κ3) is 3.06. The van der Waals surface area contributed by atoms with Crippen LogP contribution in [-0.4, -0.2) is 47.6 Å². The zero-order valence-corrected chi connectivity index (χ0v) is 23.6. The van der Waals surface area contributed by atoms with Crippen molar-refractivity contribution in [3.8, 4) is 0 Å². The number of hydrogen-bond donors (Lipinski definition) is 0. The van der Waals surface area contributed by atoms with Crippen molar-refractivity contribution in [1.82, 2.24) is 0 Å². The van der Waals surface area contributed by atoms with E-state index in [-0.39, 0.29) is 28.4 Å². The maximum Gasteiger partial charge on any atom is 0.302 e. The number of carbonyl (C=O) groups is 1. The number of halogens is 1. The molecule has 6 heteroatoms. The molecule has 7 aliphatic rings. The normalized spacial score (nSPS) is 62.3. The maximum absolute atomic E-state index is 11.6. The van der Waals surface area contributed by atoms with Gasteiger partial charge in [0.1, 0.15) is 6.10 Å². The van der Waals surface area contributed by atoms with Gasteiger partial charge in [-0.3, -0.25) is 4.79 Å². The largest absolute Gasteiger partial charge is 0.463 e. The summed E-state index contributed by atoms with van der Waals surface area (Å²) in [4.78, 5) is 11.9. The van der Waals surface area contributed by atoms with Crippen LogP contribution in [0, 0.1) is 52.3 Å². The molecule has 0 radical (unpaired) electrons. The molecule has 4 aliphatic carbocycles. The van der Waals surface area contributed by atoms with Gasteiger partial charge < -0.3 is 18.9 Å². The predicted octanol–water partition coefficient (Wildman–Crippen LogP) is 5.73. The van der Waals surface area contributed by atoms with Crippen molar-refractivity contribution in [3.05, 3.63) is 0 Å². The lowest BCUT2D eigenvalue weighted by molar-refractivity contribution is -0.267. The lowest BCUT2D eigenvalue weighted by Gasteiger charge is -2.59. The summed E-state index contributed by atoms with van der Waals surface area (Å²) in [6.07, 6.45) is 9.19. The fraction of sp³-hybridized carbons (Fsp3) is 0.966. The van der Waals surface area contributed by atoms with Crippen molar-refractivity contribution < 1.29 is 23.7 Å². The molecule has 4 saturated carbocycles. The van der Waals surface area contributed by atoms with Crippen LogP contribution in [0.2, 0.25) is 0 Å². The molecule has 0 unspecified atom stereocenters. The molecule has 0 amide bonds. The second-order valence-corrected chi connectivity index (χ2v) is 15.1. The molecular formula is C29H43BrO5. The Morgan fingerprint density at radius 1 is 1.06 bits per heavy atom. The molecule has 5 nitrogen and oxygen atoms in total. The van der Waals surface area contributed by atoms with Crippen LogP contribution in [0.4, 0.5) is 0 Å². The van der Waals surface area contributed by atoms with Gasteiger partial charge in [0, 0.05) is 24.2 Å². The summed E-state index contributed by atoms with van der Waals surface area (Å²) < 4.78 is 26.0. The zero-order chi connectivity index (χ0) is 24.5. The van der Waals surface area contributed by atoms with E-state index in [1.807, 2.05) is 0 Å². The summed E-state index contributed by atoms with van der Waals surface area (Å²) in [5, 5.41) is 0. The molecule has 0 aromatic rings. The monoisotopic (exact) mass is 550 g/mol. The lowest BCUT2D eigenvalue weighted by Crippen LogP contribution is -2.59. The Labute approximate surface area is 218 Å². The highest BCUT2D eigenvalue weighted by atomic mass is 79.9. The van der Waals surface area contributed by atoms with Crippen LogP contribution < -0.4 is 0 Å². The summed E-state index contributed by atoms with van der Waals surface area (Å²) in [5.74, 6) is 3.51. The Balaban J connectivity index is 1.16. The standard InChI is InChI=1S/C29H43BrO5/c1-14-10-22(30)29(32-13-14)15(2)23-21(35-29)12-20-19-7-6-17-11-18(33-16(3)31)8-9-27(17,4)24(19)25-26(34-25)28(20,23)5/h14-15,17-26H,6-13H2,1-5H3/t14-,15-,17-,18-,19-,20-,21-,22+,23-,24+,25-,26-,27-,28-,29-/m0/s1. The van der Waals surface area contributed by atoms with Crippen molar-refractivity contribution in [2.24, 2.45) is 52.3 Å². The van der Waals surface area contributed by atoms with E-state index < -0.39 is 5.79 Å². The van der Waals surface area contributed by atoms with E-state index in [0.29, 0.717) is 53.1 Å². The van der Waals surface area contributed by atoms with Gasteiger partial charge in [0.05, 0.1) is 29.7 Å². The fourth-order valence-corrected chi connectivity index (χ4v) is 12.3. The molecule has 196 valence electrons. The number of esters is 1. The topological polar surface area (TPSA) is 57.3 Å². The van der Waals surface area contributed by atoms with Crippen LogP contribution in [0.1, 0.15) is 79.6 Å². The van der Waals surface area contributed by atoms with Crippen LogP contribution in [0.3, 0.4) is 0 Å². The lowest BCUT2D eigenvalue weighted by atomic mass is 9.44. The van der Waals surface area contributed by atoms with Crippen molar-refractivity contribution in [3.63, 3.8) is 0 Å². The molecule has 3 aliphatic heterocycles. The number of fused-ring (bicyclic) bond motifs is 10. The molecule has 7 fully saturated rings. The van der Waals surface area contributed by atoms with Gasteiger partial charge in [-0.05, 0) is 80.0 Å². The molecule has 0 N–H and O–H groups in total. The molecule has 7 rings (SSSR count). The quantitative estimate of drug-likeness (QED) is 0.237. The SMILES string of the molecule is CC(=O)O[C@H]1CC[C@@]2(C)[C@@H](CC[C@@H]3[C@@H]2[C@@H]2O[C@@H]2[C@]2(C)[C@@H]4[C@H](C[C@@H]32)O[C@@]2(OC[C@@H](C)C[C@H]2Br)[C@H]4C)C1. The van der Waals surface area contributed by atoms with Gasteiger partial charge in [0.25, 0.3) is 0 Å². The van der Waals surface area contributed by atoms with Crippen molar-refractivity contribution in [1.29, 1.82) is 0 Å². The van der Waals surface area contributed by atoms with Crippen molar-refractivity contribution in [2.45, 2.75) is 115 Å². The highest BCUT2D eigenvalue weighted by Gasteiger charge is 2.78. The van der Waals surface area contributed by atoms with E-state index in [4.69, 9.17) is 18.9 Å². The van der Waals surface area contributed by atoms with Crippen LogP contribution in [0.15, 0.2) is 0 Å². The van der Waals surface area contributed by atoms with E-state index in [9.17, 15) is 4.79 Å². The van der Waals surface area contributed by atoms with Crippen LogP contribution in [0.5, 0.6) is 0 Å². The Bertz CT molecular complexity index is 912. The molecule has 35 heavy (non-hydrogen) atoms. The third-order valence-electron chi connectivity index (χ3n) is 12.5. The summed E-state index contributed by atoms with van der Waals surface area (Å²) in [6, 6.07) is 0. The van der Waals surface area contributed by atoms with E-state index in [1.165, 1.54) is 12.8 Å². The van der Waals surface area contributed by atoms with Gasteiger partial charge in [0.2, 0.25) is 0 Å². The average Bonchev–Trinajstić information content (AvgIpc) is 3.46. The second-order valence-electron chi connectivity index (χ2n) is 14.0. The highest BCUT2D eigenvalue weighted by molar-refractivity contribution is 9.09. The Hall–Kier alpha value is -0.170. The Kier molecular flexibility index (Phi) is 5.26. The first kappa shape index (κ1) is 23.9. The first-order chi connectivity index (χ1) is 16.6. The van der Waals surface area contributed by atoms with Gasteiger partial charge >= 0.3 is 5.97 Å². The number of epoxide rings is 1. The first-order valence-corrected chi connectivity index (χ1v) is 15.3. The molecule has 3 saturated heterocycles. The molecule has 0 bridgehead atoms. The number of alkyl halides is 1. The van der Waals surface area contributed by atoms with Crippen LogP contribution in [-0.2, 0) is 23.7 Å². The van der Waals surface area contributed by atoms with Gasteiger partial charge in [-0.2, -0.15) is 0 Å². The first-order valence-electron chi connectivity index (χ1n) is 14.4. The Morgan fingerprint density at radius 2 is 1.86 bits per heavy atom. The van der Waals surface area contributed by atoms with E-state index >= 15 is 0 Å². The molecule has 0 aromatic heterocycles. The van der Waals surface area contributed by atoms with Crippen molar-refractivity contribution >= 4 is 21.9 Å². The summed E-state index contributed by atoms with van der Waals surface area (Å²) >= 11 is 4.00. The number of rotatable bonds is 1. The minimum absolute atomic E-state index is 0.110. The zero-order valence-electron chi connectivity index (χ0n) is 22.0. The molecule has 15 atom stereocenters. The van der Waals surface area contributed by atoms with Gasteiger partial charge in [-0.15, -0.1) is 0 Å². The summed E-state index contributed by atoms with van der Waals surface area (Å²) in [6.45, 7) is 12.1. The molecular weight excluding hydrogens is 508 g/mol. The highest BCUT2D eigenvalue weighted by Crippen LogP contribution is 2.75. The van der Waals surface area contributed by atoms with Gasteiger partial charge in [0.15, 0.2) is 5.79 Å². The van der Waals surface area contributed by atoms with Crippen LogP contribution >= 0.6 is 15.9 Å². The smallest absolute Gasteiger partial charge is 0.302 e. The molecule has 1 spiro atoms. The number of ether oxygens (including phenoxy) is 4. The summed E-state index contributed by atoms with van der Waals surface area (Å²) in [5.41, 5.74) is 0.478. The third-order valence-corrected chi connectivity index (χ3v) is 13.5. The fourth-order valence-electron chi connectivity index (χ4n) is 11.0. The van der Waals surface area contributed by atoms with Crippen LogP contribution in [0.25, 0.3) is 0 Å². The molecule has 3 heterocycles. The predicted molar refractivity (Wildman–Crippen MR) is 135 cm³/mol. The average molecular weight is 552 g/mol. The van der Waals surface area contributed by atoms with Crippen molar-refractivity contribution in [2.75, 3.05) is 6.61 Å². The number of hydrogen-bond acceptors (Lipinski definition) is 5. The number of carbonyl (C=O) groups excluding carboxylic acids is 1. The maximum atomic E-state index is 11.6. The van der Waals surface area contributed by atoms with E-state index in [1.54, 1.807) is 6.92 Å². The van der Waals surface area contributed by atoms with E-state index in [2.05, 4.69) is 43.6 Å².